The van der Waals surface area contributed by atoms with Crippen LogP contribution in [0.4, 0.5) is 0 Å². The molecule has 0 fully saturated rings. The van der Waals surface area contributed by atoms with Crippen molar-refractivity contribution in [1.82, 2.24) is 0 Å². The van der Waals surface area contributed by atoms with Gasteiger partial charge in [0.15, 0.2) is 0 Å². The number of hydrogen-bond donors (Lipinski definition) is 0. The fourth-order valence-electron chi connectivity index (χ4n) is 10.9. The SMILES string of the molecule is CCCCc1c2c(c(CCCC)c(C(=O)OC)c1C(=O)OC)Cc1c(c(CCCC)c3cc4c(CCCC)c(CCCC)c(CCCC)c(CCCC)c4cc3c1CCCC)C2. The topological polar surface area (TPSA) is 52.6 Å². The third-order valence-corrected chi connectivity index (χ3v) is 14.3. The van der Waals surface area contributed by atoms with Crippen molar-refractivity contribution < 1.29 is 19.1 Å². The van der Waals surface area contributed by atoms with Gasteiger partial charge in [-0.1, -0.05) is 107 Å². The molecule has 4 heteroatoms. The molecule has 0 aliphatic heterocycles. The fraction of sp³-hybridized carbons (Fsp3) is 0.621. The zero-order valence-corrected chi connectivity index (χ0v) is 41.2. The Morgan fingerprint density at radius 2 is 0.581 bits per heavy atom. The first-order valence-corrected chi connectivity index (χ1v) is 25.7. The maximum Gasteiger partial charge on any atom is 0.339 e. The normalized spacial score (nSPS) is 12.3. The van der Waals surface area contributed by atoms with Crippen LogP contribution < -0.4 is 0 Å². The second-order valence-electron chi connectivity index (χ2n) is 18.6. The molecule has 4 aromatic rings. The summed E-state index contributed by atoms with van der Waals surface area (Å²) >= 11 is 0. The average molecular weight is 845 g/mol. The third-order valence-electron chi connectivity index (χ3n) is 14.3. The molecule has 0 radical (unpaired) electrons. The minimum Gasteiger partial charge on any atom is -0.465 e. The Kier molecular flexibility index (Phi) is 19.4. The molecule has 0 aromatic heterocycles. The van der Waals surface area contributed by atoms with Crippen molar-refractivity contribution in [3.63, 3.8) is 0 Å². The van der Waals surface area contributed by atoms with Gasteiger partial charge in [-0.25, -0.2) is 9.59 Å². The first kappa shape index (κ1) is 49.4. The molecule has 0 saturated heterocycles. The van der Waals surface area contributed by atoms with Crippen LogP contribution in [0.5, 0.6) is 0 Å². The molecule has 0 N–H and O–H groups in total. The van der Waals surface area contributed by atoms with Gasteiger partial charge >= 0.3 is 11.9 Å². The molecule has 5 rings (SSSR count). The van der Waals surface area contributed by atoms with Crippen LogP contribution in [0.2, 0.25) is 0 Å². The minimum absolute atomic E-state index is 0.418. The molecule has 1 aliphatic carbocycles. The summed E-state index contributed by atoms with van der Waals surface area (Å²) in [5.41, 5.74) is 18.2. The van der Waals surface area contributed by atoms with Crippen molar-refractivity contribution in [2.45, 2.75) is 222 Å². The highest BCUT2D eigenvalue weighted by molar-refractivity contribution is 6.07. The highest BCUT2D eigenvalue weighted by Crippen LogP contribution is 2.46. The number of carbonyl (C=O) groups is 2. The molecule has 1 aliphatic rings. The zero-order valence-electron chi connectivity index (χ0n) is 41.2. The van der Waals surface area contributed by atoms with E-state index in [1.165, 1.54) is 133 Å². The number of hydrogen-bond acceptors (Lipinski definition) is 4. The monoisotopic (exact) mass is 845 g/mol. The molecule has 62 heavy (non-hydrogen) atoms. The van der Waals surface area contributed by atoms with Gasteiger partial charge in [0, 0.05) is 0 Å². The predicted octanol–water partition coefficient (Wildman–Crippen LogP) is 15.8. The lowest BCUT2D eigenvalue weighted by atomic mass is 9.71. The van der Waals surface area contributed by atoms with Crippen LogP contribution in [0.1, 0.15) is 246 Å². The summed E-state index contributed by atoms with van der Waals surface area (Å²) in [7, 11) is 2.91. The maximum absolute atomic E-state index is 14.0. The average Bonchev–Trinajstić information content (AvgIpc) is 3.29. The fourth-order valence-corrected chi connectivity index (χ4v) is 10.9. The van der Waals surface area contributed by atoms with Crippen molar-refractivity contribution in [3.05, 3.63) is 90.0 Å². The Balaban J connectivity index is 2.02. The molecule has 0 bridgehead atoms. The number of carbonyl (C=O) groups excluding carboxylic acids is 2. The van der Waals surface area contributed by atoms with Crippen LogP contribution in [0, 0.1) is 0 Å². The number of fused-ring (bicyclic) bond motifs is 4. The van der Waals surface area contributed by atoms with Gasteiger partial charge in [0.2, 0.25) is 0 Å². The molecule has 0 unspecified atom stereocenters. The van der Waals surface area contributed by atoms with E-state index in [4.69, 9.17) is 9.47 Å². The first-order valence-electron chi connectivity index (χ1n) is 25.7. The molecule has 340 valence electrons. The molecular weight excluding hydrogens is 761 g/mol. The van der Waals surface area contributed by atoms with Gasteiger partial charge in [-0.05, 0) is 216 Å². The Morgan fingerprint density at radius 1 is 0.355 bits per heavy atom. The summed E-state index contributed by atoms with van der Waals surface area (Å²) in [4.78, 5) is 28.0. The van der Waals surface area contributed by atoms with Crippen LogP contribution in [0.25, 0.3) is 21.5 Å². The number of esters is 2. The lowest BCUT2D eigenvalue weighted by Gasteiger charge is -2.33. The van der Waals surface area contributed by atoms with E-state index in [-0.39, 0.29) is 0 Å². The van der Waals surface area contributed by atoms with Crippen LogP contribution in [0.3, 0.4) is 0 Å². The van der Waals surface area contributed by atoms with Crippen molar-refractivity contribution in [1.29, 1.82) is 0 Å². The predicted molar refractivity (Wildman–Crippen MR) is 265 cm³/mol. The van der Waals surface area contributed by atoms with Crippen LogP contribution in [-0.2, 0) is 73.7 Å². The summed E-state index contributed by atoms with van der Waals surface area (Å²) in [6.07, 6.45) is 28.0. The lowest BCUT2D eigenvalue weighted by molar-refractivity contribution is 0.0552. The van der Waals surface area contributed by atoms with Crippen molar-refractivity contribution >= 4 is 33.5 Å². The van der Waals surface area contributed by atoms with E-state index in [0.29, 0.717) is 11.1 Å². The van der Waals surface area contributed by atoms with Gasteiger partial charge in [0.25, 0.3) is 0 Å². The van der Waals surface area contributed by atoms with Crippen LogP contribution in [0.15, 0.2) is 12.1 Å². The summed E-state index contributed by atoms with van der Waals surface area (Å²) in [6, 6.07) is 5.43. The van der Waals surface area contributed by atoms with Crippen molar-refractivity contribution in [3.8, 4) is 0 Å². The van der Waals surface area contributed by atoms with E-state index in [2.05, 4.69) is 67.5 Å². The highest BCUT2D eigenvalue weighted by Gasteiger charge is 2.35. The van der Waals surface area contributed by atoms with Gasteiger partial charge in [-0.15, -0.1) is 0 Å². The number of methoxy groups -OCH3 is 2. The second-order valence-corrected chi connectivity index (χ2v) is 18.6. The number of aryl methyl sites for hydroxylation is 4. The van der Waals surface area contributed by atoms with Gasteiger partial charge in [0.1, 0.15) is 0 Å². The maximum atomic E-state index is 14.0. The number of rotatable bonds is 26. The molecule has 4 aromatic carbocycles. The molecular formula is C58H84O4. The first-order chi connectivity index (χ1) is 30.2. The number of unbranched alkanes of at least 4 members (excludes halogenated alkanes) is 8. The molecule has 4 nitrogen and oxygen atoms in total. The van der Waals surface area contributed by atoms with Crippen LogP contribution in [-0.4, -0.2) is 26.2 Å². The Hall–Kier alpha value is -3.66. The largest absolute Gasteiger partial charge is 0.465 e. The van der Waals surface area contributed by atoms with Crippen molar-refractivity contribution in [2.75, 3.05) is 14.2 Å². The van der Waals surface area contributed by atoms with E-state index in [1.54, 1.807) is 22.3 Å². The van der Waals surface area contributed by atoms with E-state index in [0.717, 1.165) is 114 Å². The second kappa shape index (κ2) is 24.4. The van der Waals surface area contributed by atoms with E-state index >= 15 is 0 Å². The molecule has 0 spiro atoms. The summed E-state index contributed by atoms with van der Waals surface area (Å²) in [5, 5.41) is 6.00. The van der Waals surface area contributed by atoms with Gasteiger partial charge in [0.05, 0.1) is 25.3 Å². The highest BCUT2D eigenvalue weighted by atomic mass is 16.5. The zero-order chi connectivity index (χ0) is 44.8. The molecule has 0 saturated carbocycles. The van der Waals surface area contributed by atoms with Gasteiger partial charge in [-0.3, -0.25) is 0 Å². The minimum atomic E-state index is -0.418. The summed E-state index contributed by atoms with van der Waals surface area (Å²) < 4.78 is 11.1. The van der Waals surface area contributed by atoms with Crippen LogP contribution >= 0.6 is 0 Å². The van der Waals surface area contributed by atoms with Gasteiger partial charge < -0.3 is 9.47 Å². The Labute approximate surface area is 377 Å². The summed E-state index contributed by atoms with van der Waals surface area (Å²) in [6.45, 7) is 18.5. The smallest absolute Gasteiger partial charge is 0.339 e. The molecule has 0 atom stereocenters. The van der Waals surface area contributed by atoms with Gasteiger partial charge in [-0.2, -0.15) is 0 Å². The number of benzene rings is 4. The third kappa shape index (κ3) is 10.5. The molecule has 0 heterocycles. The quantitative estimate of drug-likeness (QED) is 0.0411. The lowest BCUT2D eigenvalue weighted by Crippen LogP contribution is -2.25. The Bertz CT molecular complexity index is 2000. The molecule has 0 amide bonds. The Morgan fingerprint density at radius 3 is 0.855 bits per heavy atom. The standard InChI is InChI=1S/C58H84O4/c1-11-19-27-39-40(28-20-12-2)42(30-22-14-4)48-36-50-44(32-24-16-6)52-38-54-46(34-26-18-8)56(58(60)62-10)55(57(59)61-9)45(33-25-17-7)53(54)37-51(52)43(31-23-15-5)49(50)35-47(48)41(39)29-21-13-3/h35-36H,11-34,37-38H2,1-10H3. The number of ether oxygens (including phenoxy) is 2. The van der Waals surface area contributed by atoms with E-state index < -0.39 is 11.9 Å². The van der Waals surface area contributed by atoms with E-state index in [1.807, 2.05) is 0 Å². The van der Waals surface area contributed by atoms with E-state index in [9.17, 15) is 9.59 Å². The van der Waals surface area contributed by atoms with Crippen molar-refractivity contribution in [2.24, 2.45) is 0 Å². The summed E-state index contributed by atoms with van der Waals surface area (Å²) in [5.74, 6) is -0.836.